The molecular formula is C29H31F3O3. The molecule has 0 amide bonds. The van der Waals surface area contributed by atoms with Gasteiger partial charge in [0.15, 0.2) is 23.2 Å². The lowest BCUT2D eigenvalue weighted by Gasteiger charge is -2.29. The zero-order chi connectivity index (χ0) is 24.8. The van der Waals surface area contributed by atoms with Gasteiger partial charge in [0.25, 0.3) is 0 Å². The minimum atomic E-state index is -0.811. The third-order valence-electron chi connectivity index (χ3n) is 6.56. The first-order valence-corrected chi connectivity index (χ1v) is 12.3. The SMILES string of the molecule is CCOc1ccc(-c2ccc(C3CCC(COc4ccc(OCC)c(F)c4)CC3)c(F)c2F)cc1. The molecule has 4 rings (SSSR count). The Kier molecular flexibility index (Phi) is 8.21. The van der Waals surface area contributed by atoms with E-state index in [-0.39, 0.29) is 23.1 Å². The van der Waals surface area contributed by atoms with Gasteiger partial charge in [-0.25, -0.2) is 13.2 Å². The molecular weight excluding hydrogens is 453 g/mol. The smallest absolute Gasteiger partial charge is 0.168 e. The van der Waals surface area contributed by atoms with Gasteiger partial charge in [-0.1, -0.05) is 24.3 Å². The molecule has 0 N–H and O–H groups in total. The summed E-state index contributed by atoms with van der Waals surface area (Å²) in [6.45, 7) is 5.11. The van der Waals surface area contributed by atoms with Crippen molar-refractivity contribution in [3.05, 3.63) is 77.6 Å². The van der Waals surface area contributed by atoms with Crippen LogP contribution in [-0.2, 0) is 0 Å². The fourth-order valence-electron chi connectivity index (χ4n) is 4.70. The van der Waals surface area contributed by atoms with E-state index in [1.807, 2.05) is 6.92 Å². The largest absolute Gasteiger partial charge is 0.494 e. The van der Waals surface area contributed by atoms with Crippen molar-refractivity contribution < 1.29 is 27.4 Å². The summed E-state index contributed by atoms with van der Waals surface area (Å²) < 4.78 is 60.5. The molecule has 0 bridgehead atoms. The molecule has 186 valence electrons. The molecule has 0 heterocycles. The van der Waals surface area contributed by atoms with Crippen molar-refractivity contribution in [1.82, 2.24) is 0 Å². The van der Waals surface area contributed by atoms with Gasteiger partial charge in [-0.3, -0.25) is 0 Å². The van der Waals surface area contributed by atoms with Crippen molar-refractivity contribution >= 4 is 0 Å². The van der Waals surface area contributed by atoms with Crippen LogP contribution in [0.3, 0.4) is 0 Å². The van der Waals surface area contributed by atoms with Crippen LogP contribution < -0.4 is 14.2 Å². The Morgan fingerprint density at radius 3 is 2.06 bits per heavy atom. The number of halogens is 3. The number of rotatable bonds is 9. The maximum Gasteiger partial charge on any atom is 0.168 e. The first kappa shape index (κ1) is 25.0. The Bertz CT molecular complexity index is 1120. The average Bonchev–Trinajstić information content (AvgIpc) is 2.87. The first-order chi connectivity index (χ1) is 17.0. The van der Waals surface area contributed by atoms with E-state index in [1.165, 1.54) is 6.07 Å². The van der Waals surface area contributed by atoms with Crippen LogP contribution in [-0.4, -0.2) is 19.8 Å². The van der Waals surface area contributed by atoms with Gasteiger partial charge in [-0.15, -0.1) is 0 Å². The number of ether oxygens (including phenoxy) is 3. The van der Waals surface area contributed by atoms with E-state index in [4.69, 9.17) is 14.2 Å². The van der Waals surface area contributed by atoms with Gasteiger partial charge in [-0.2, -0.15) is 0 Å². The molecule has 1 saturated carbocycles. The summed E-state index contributed by atoms with van der Waals surface area (Å²) in [4.78, 5) is 0. The van der Waals surface area contributed by atoms with Crippen LogP contribution in [0.1, 0.15) is 51.0 Å². The van der Waals surface area contributed by atoms with Crippen molar-refractivity contribution in [3.8, 4) is 28.4 Å². The lowest BCUT2D eigenvalue weighted by Crippen LogP contribution is -2.20. The Morgan fingerprint density at radius 1 is 0.714 bits per heavy atom. The van der Waals surface area contributed by atoms with Crippen LogP contribution in [0, 0.1) is 23.4 Å². The molecule has 0 saturated heterocycles. The standard InChI is InChI=1S/C29H31F3O3/c1-3-33-22-11-9-21(10-12-22)25-15-14-24(28(31)29(25)32)20-7-5-19(6-8-20)18-35-23-13-16-27(34-4-2)26(30)17-23/h9-17,19-20H,3-8,18H2,1-2H3. The van der Waals surface area contributed by atoms with Gasteiger partial charge in [-0.05, 0) is 86.8 Å². The Balaban J connectivity index is 1.35. The van der Waals surface area contributed by atoms with E-state index in [0.29, 0.717) is 42.4 Å². The molecule has 0 spiro atoms. The second kappa shape index (κ2) is 11.5. The monoisotopic (exact) mass is 484 g/mol. The highest BCUT2D eigenvalue weighted by Gasteiger charge is 2.27. The van der Waals surface area contributed by atoms with Gasteiger partial charge in [0.2, 0.25) is 0 Å². The van der Waals surface area contributed by atoms with E-state index in [9.17, 15) is 8.78 Å². The van der Waals surface area contributed by atoms with Gasteiger partial charge < -0.3 is 14.2 Å². The molecule has 0 atom stereocenters. The molecule has 1 fully saturated rings. The molecule has 6 heteroatoms. The molecule has 0 aromatic heterocycles. The van der Waals surface area contributed by atoms with Crippen molar-refractivity contribution in [3.63, 3.8) is 0 Å². The highest BCUT2D eigenvalue weighted by molar-refractivity contribution is 5.65. The van der Waals surface area contributed by atoms with Crippen LogP contribution in [0.5, 0.6) is 17.2 Å². The lowest BCUT2D eigenvalue weighted by molar-refractivity contribution is 0.198. The van der Waals surface area contributed by atoms with E-state index in [1.54, 1.807) is 55.5 Å². The molecule has 0 unspecified atom stereocenters. The second-order valence-corrected chi connectivity index (χ2v) is 8.84. The highest BCUT2D eigenvalue weighted by Crippen LogP contribution is 2.39. The third kappa shape index (κ3) is 5.92. The van der Waals surface area contributed by atoms with Gasteiger partial charge in [0.05, 0.1) is 19.8 Å². The van der Waals surface area contributed by atoms with Gasteiger partial charge in [0.1, 0.15) is 11.5 Å². The predicted molar refractivity (Wildman–Crippen MR) is 131 cm³/mol. The van der Waals surface area contributed by atoms with Crippen LogP contribution in [0.4, 0.5) is 13.2 Å². The van der Waals surface area contributed by atoms with Crippen LogP contribution in [0.15, 0.2) is 54.6 Å². The van der Waals surface area contributed by atoms with E-state index < -0.39 is 17.5 Å². The molecule has 1 aliphatic rings. The quantitative estimate of drug-likeness (QED) is 0.309. The van der Waals surface area contributed by atoms with Crippen LogP contribution in [0.2, 0.25) is 0 Å². The van der Waals surface area contributed by atoms with Gasteiger partial charge >= 0.3 is 0 Å². The lowest BCUT2D eigenvalue weighted by atomic mass is 9.78. The Morgan fingerprint density at radius 2 is 1.40 bits per heavy atom. The summed E-state index contributed by atoms with van der Waals surface area (Å²) >= 11 is 0. The number of hydrogen-bond acceptors (Lipinski definition) is 3. The molecule has 35 heavy (non-hydrogen) atoms. The van der Waals surface area contributed by atoms with Crippen molar-refractivity contribution in [2.45, 2.75) is 45.4 Å². The topological polar surface area (TPSA) is 27.7 Å². The molecule has 3 aromatic carbocycles. The minimum absolute atomic E-state index is 0.0296. The fraction of sp³-hybridized carbons (Fsp3) is 0.379. The number of benzene rings is 3. The molecule has 0 radical (unpaired) electrons. The summed E-state index contributed by atoms with van der Waals surface area (Å²) in [5.74, 6) is -0.388. The average molecular weight is 485 g/mol. The first-order valence-electron chi connectivity index (χ1n) is 12.3. The van der Waals surface area contributed by atoms with E-state index in [2.05, 4.69) is 0 Å². The maximum atomic E-state index is 15.1. The van der Waals surface area contributed by atoms with E-state index >= 15 is 4.39 Å². The summed E-state index contributed by atoms with van der Waals surface area (Å²) in [6.07, 6.45) is 3.19. The van der Waals surface area contributed by atoms with Crippen molar-refractivity contribution in [2.75, 3.05) is 19.8 Å². The van der Waals surface area contributed by atoms with Crippen LogP contribution in [0.25, 0.3) is 11.1 Å². The zero-order valence-electron chi connectivity index (χ0n) is 20.2. The Hall–Kier alpha value is -3.15. The molecule has 1 aliphatic carbocycles. The minimum Gasteiger partial charge on any atom is -0.494 e. The van der Waals surface area contributed by atoms with E-state index in [0.717, 1.165) is 25.7 Å². The van der Waals surface area contributed by atoms with Crippen molar-refractivity contribution in [1.29, 1.82) is 0 Å². The third-order valence-corrected chi connectivity index (χ3v) is 6.56. The normalized spacial score (nSPS) is 17.7. The molecule has 3 nitrogen and oxygen atoms in total. The highest BCUT2D eigenvalue weighted by atomic mass is 19.2. The summed E-state index contributed by atoms with van der Waals surface area (Å²) in [6, 6.07) is 15.0. The van der Waals surface area contributed by atoms with Crippen LogP contribution >= 0.6 is 0 Å². The zero-order valence-corrected chi connectivity index (χ0v) is 20.2. The summed E-state index contributed by atoms with van der Waals surface area (Å²) in [7, 11) is 0. The molecule has 0 aliphatic heterocycles. The summed E-state index contributed by atoms with van der Waals surface area (Å²) in [5.41, 5.74) is 1.30. The molecule has 3 aromatic rings. The summed E-state index contributed by atoms with van der Waals surface area (Å²) in [5, 5.41) is 0. The fourth-order valence-corrected chi connectivity index (χ4v) is 4.70. The Labute approximate surface area is 204 Å². The maximum absolute atomic E-state index is 15.1. The second-order valence-electron chi connectivity index (χ2n) is 8.84. The number of hydrogen-bond donors (Lipinski definition) is 0. The van der Waals surface area contributed by atoms with Crippen molar-refractivity contribution in [2.24, 2.45) is 5.92 Å². The van der Waals surface area contributed by atoms with Gasteiger partial charge in [0, 0.05) is 11.6 Å². The predicted octanol–water partition coefficient (Wildman–Crippen LogP) is 7.92.